The minimum Gasteiger partial charge on any atom is -0.463 e. The Hall–Kier alpha value is -4.60. The number of piperazine rings is 1. The Balaban J connectivity index is 1.27. The van der Waals surface area contributed by atoms with Gasteiger partial charge in [0.2, 0.25) is 5.91 Å². The number of esters is 1. The van der Waals surface area contributed by atoms with Gasteiger partial charge < -0.3 is 19.4 Å². The quantitative estimate of drug-likeness (QED) is 0.289. The predicted molar refractivity (Wildman–Crippen MR) is 164 cm³/mol. The molecule has 10 heteroatoms. The van der Waals surface area contributed by atoms with E-state index in [-0.39, 0.29) is 31.4 Å². The fourth-order valence-electron chi connectivity index (χ4n) is 6.01. The molecule has 1 fully saturated rings. The van der Waals surface area contributed by atoms with E-state index in [0.717, 1.165) is 28.8 Å². The summed E-state index contributed by atoms with van der Waals surface area (Å²) in [5.74, 6) is -1.11. The largest absolute Gasteiger partial charge is 0.463 e. The zero-order valence-corrected chi connectivity index (χ0v) is 25.6. The number of carbonyl (C=O) groups excluding carboxylic acids is 3. The van der Waals surface area contributed by atoms with Crippen molar-refractivity contribution in [2.45, 2.75) is 45.8 Å². The number of hydrogen-bond acceptors (Lipinski definition) is 5. The van der Waals surface area contributed by atoms with Gasteiger partial charge in [-0.3, -0.25) is 9.59 Å². The molecule has 0 saturated carbocycles. The first kappa shape index (κ1) is 31.8. The monoisotopic (exact) mass is 619 g/mol. The number of alkyl halides is 3. The molecule has 2 aliphatic rings. The number of rotatable bonds is 7. The SMILES string of the molecule is CCOC(=O)C1=C(C)N(Cc2ccc(C(=O)N3CCN(c4cccc(C(F)(F)F)c4)CC3)cc2)C(=O)CC1c1cccc(C)c1. The summed E-state index contributed by atoms with van der Waals surface area (Å²) in [7, 11) is 0. The number of halogens is 3. The zero-order valence-electron chi connectivity index (χ0n) is 25.6. The van der Waals surface area contributed by atoms with Crippen molar-refractivity contribution >= 4 is 23.5 Å². The summed E-state index contributed by atoms with van der Waals surface area (Å²) in [6.45, 7) is 7.53. The molecular weight excluding hydrogens is 583 g/mol. The third-order valence-corrected chi connectivity index (χ3v) is 8.41. The molecule has 2 heterocycles. The molecule has 0 bridgehead atoms. The van der Waals surface area contributed by atoms with Crippen molar-refractivity contribution in [3.05, 3.63) is 112 Å². The topological polar surface area (TPSA) is 70.2 Å². The summed E-state index contributed by atoms with van der Waals surface area (Å²) in [6.07, 6.45) is -4.28. The van der Waals surface area contributed by atoms with Crippen LogP contribution in [0.1, 0.15) is 58.8 Å². The number of ether oxygens (including phenoxy) is 1. The molecule has 0 N–H and O–H groups in total. The van der Waals surface area contributed by atoms with Crippen LogP contribution in [0.2, 0.25) is 0 Å². The van der Waals surface area contributed by atoms with Gasteiger partial charge in [-0.05, 0) is 62.2 Å². The van der Waals surface area contributed by atoms with Crippen LogP contribution in [-0.4, -0.2) is 60.4 Å². The Morgan fingerprint density at radius 2 is 1.60 bits per heavy atom. The van der Waals surface area contributed by atoms with Gasteiger partial charge in [0.1, 0.15) is 0 Å². The smallest absolute Gasteiger partial charge is 0.416 e. The van der Waals surface area contributed by atoms with Crippen LogP contribution in [0.5, 0.6) is 0 Å². The van der Waals surface area contributed by atoms with Gasteiger partial charge in [-0.15, -0.1) is 0 Å². The molecule has 3 aromatic rings. The van der Waals surface area contributed by atoms with E-state index in [1.54, 1.807) is 54.0 Å². The van der Waals surface area contributed by atoms with E-state index in [4.69, 9.17) is 4.74 Å². The lowest BCUT2D eigenvalue weighted by atomic mass is 9.83. The van der Waals surface area contributed by atoms with E-state index >= 15 is 0 Å². The van der Waals surface area contributed by atoms with E-state index in [1.165, 1.54) is 6.07 Å². The highest BCUT2D eigenvalue weighted by Crippen LogP contribution is 2.38. The molecule has 1 atom stereocenters. The van der Waals surface area contributed by atoms with Crippen molar-refractivity contribution in [2.24, 2.45) is 0 Å². The molecule has 5 rings (SSSR count). The normalized spacial score (nSPS) is 17.5. The van der Waals surface area contributed by atoms with Gasteiger partial charge in [-0.25, -0.2) is 4.79 Å². The number of benzene rings is 3. The van der Waals surface area contributed by atoms with E-state index in [1.807, 2.05) is 36.1 Å². The number of anilines is 1. The number of allylic oxidation sites excluding steroid dienone is 1. The van der Waals surface area contributed by atoms with Crippen LogP contribution in [0.25, 0.3) is 0 Å². The third kappa shape index (κ3) is 7.05. The number of nitrogens with zero attached hydrogens (tertiary/aromatic N) is 3. The van der Waals surface area contributed by atoms with Gasteiger partial charge in [-0.1, -0.05) is 48.0 Å². The second kappa shape index (κ2) is 13.2. The first-order chi connectivity index (χ1) is 21.5. The van der Waals surface area contributed by atoms with Gasteiger partial charge in [-0.2, -0.15) is 13.2 Å². The average molecular weight is 620 g/mol. The summed E-state index contributed by atoms with van der Waals surface area (Å²) in [6, 6.07) is 20.0. The van der Waals surface area contributed by atoms with Crippen LogP contribution >= 0.6 is 0 Å². The molecule has 0 radical (unpaired) electrons. The van der Waals surface area contributed by atoms with Gasteiger partial charge in [0.05, 0.1) is 24.3 Å². The molecule has 0 spiro atoms. The van der Waals surface area contributed by atoms with E-state index in [9.17, 15) is 27.6 Å². The van der Waals surface area contributed by atoms with Crippen molar-refractivity contribution in [1.82, 2.24) is 9.80 Å². The lowest BCUT2D eigenvalue weighted by Gasteiger charge is -2.36. The Morgan fingerprint density at radius 3 is 2.24 bits per heavy atom. The maximum atomic E-state index is 13.4. The summed E-state index contributed by atoms with van der Waals surface area (Å²) in [5, 5.41) is 0. The fraction of sp³-hybridized carbons (Fsp3) is 0.343. The van der Waals surface area contributed by atoms with Crippen molar-refractivity contribution in [1.29, 1.82) is 0 Å². The van der Waals surface area contributed by atoms with Gasteiger partial charge >= 0.3 is 12.1 Å². The standard InChI is InChI=1S/C35H36F3N3O4/c1-4-45-34(44)32-24(3)41(31(42)21-30(32)27-8-5-7-23(2)19-27)22-25-11-13-26(14-12-25)33(43)40-17-15-39(16-18-40)29-10-6-9-28(20-29)35(36,37)38/h5-14,19-20,30H,4,15-18,21-22H2,1-3H3. The molecule has 45 heavy (non-hydrogen) atoms. The Bertz CT molecular complexity index is 1610. The lowest BCUT2D eigenvalue weighted by molar-refractivity contribution is -0.140. The second-order valence-electron chi connectivity index (χ2n) is 11.4. The van der Waals surface area contributed by atoms with E-state index in [0.29, 0.717) is 48.7 Å². The highest BCUT2D eigenvalue weighted by Gasteiger charge is 2.37. The lowest BCUT2D eigenvalue weighted by Crippen LogP contribution is -2.48. The van der Waals surface area contributed by atoms with Crippen LogP contribution < -0.4 is 4.90 Å². The molecule has 236 valence electrons. The molecule has 0 aromatic heterocycles. The highest BCUT2D eigenvalue weighted by atomic mass is 19.4. The number of amides is 2. The Labute approximate surface area is 260 Å². The predicted octanol–water partition coefficient (Wildman–Crippen LogP) is 6.33. The molecule has 7 nitrogen and oxygen atoms in total. The van der Waals surface area contributed by atoms with Crippen molar-refractivity contribution < 1.29 is 32.3 Å². The summed E-state index contributed by atoms with van der Waals surface area (Å²) in [4.78, 5) is 44.9. The first-order valence-corrected chi connectivity index (χ1v) is 15.0. The summed E-state index contributed by atoms with van der Waals surface area (Å²) < 4.78 is 44.8. The highest BCUT2D eigenvalue weighted by molar-refractivity contribution is 5.96. The van der Waals surface area contributed by atoms with Crippen LogP contribution in [0.4, 0.5) is 18.9 Å². The van der Waals surface area contributed by atoms with E-state index < -0.39 is 23.6 Å². The van der Waals surface area contributed by atoms with Crippen molar-refractivity contribution in [3.8, 4) is 0 Å². The van der Waals surface area contributed by atoms with Gasteiger partial charge in [0.25, 0.3) is 5.91 Å². The number of carbonyl (C=O) groups is 3. The minimum atomic E-state index is -4.41. The maximum absolute atomic E-state index is 13.4. The summed E-state index contributed by atoms with van der Waals surface area (Å²) >= 11 is 0. The molecule has 1 saturated heterocycles. The molecular formula is C35H36F3N3O4. The van der Waals surface area contributed by atoms with Crippen molar-refractivity contribution in [3.63, 3.8) is 0 Å². The Kier molecular flexibility index (Phi) is 9.32. The number of aryl methyl sites for hydroxylation is 1. The van der Waals surface area contributed by atoms with Gasteiger partial charge in [0, 0.05) is 55.5 Å². The van der Waals surface area contributed by atoms with Crippen LogP contribution in [0.15, 0.2) is 84.1 Å². The van der Waals surface area contributed by atoms with Crippen molar-refractivity contribution in [2.75, 3.05) is 37.7 Å². The van der Waals surface area contributed by atoms with E-state index in [2.05, 4.69) is 0 Å². The third-order valence-electron chi connectivity index (χ3n) is 8.41. The molecule has 1 unspecified atom stereocenters. The van der Waals surface area contributed by atoms with Crippen LogP contribution in [0.3, 0.4) is 0 Å². The summed E-state index contributed by atoms with van der Waals surface area (Å²) in [5.41, 5.74) is 4.02. The van der Waals surface area contributed by atoms with Crippen LogP contribution in [-0.2, 0) is 27.0 Å². The van der Waals surface area contributed by atoms with Gasteiger partial charge in [0.15, 0.2) is 0 Å². The maximum Gasteiger partial charge on any atom is 0.416 e. The first-order valence-electron chi connectivity index (χ1n) is 15.0. The van der Waals surface area contributed by atoms with Crippen LogP contribution in [0, 0.1) is 6.92 Å². The Morgan fingerprint density at radius 1 is 0.911 bits per heavy atom. The average Bonchev–Trinajstić information content (AvgIpc) is 3.02. The fourth-order valence-corrected chi connectivity index (χ4v) is 6.01. The zero-order chi connectivity index (χ0) is 32.3. The molecule has 3 aromatic carbocycles. The molecule has 2 aliphatic heterocycles. The number of hydrogen-bond donors (Lipinski definition) is 0. The molecule has 2 amide bonds. The molecule has 0 aliphatic carbocycles. The second-order valence-corrected chi connectivity index (χ2v) is 11.4. The minimum absolute atomic E-state index is 0.106.